The molecule has 0 saturated heterocycles. The molecule has 1 atom stereocenters. The van der Waals surface area contributed by atoms with E-state index in [0.29, 0.717) is 18.2 Å². The standard InChI is InChI=1S/C15H14ClN3O2S/c1-22-15-17-8-10(16)13(19-15)14(20)18-11-6-7-21-12-5-3-2-4-9(11)12/h2-5,8,11H,6-7H2,1H3,(H,18,20)/t11-/m0/s1. The molecule has 0 fully saturated rings. The number of carbonyl (C=O) groups excluding carboxylic acids is 1. The monoisotopic (exact) mass is 335 g/mol. The summed E-state index contributed by atoms with van der Waals surface area (Å²) in [6.07, 6.45) is 4.01. The lowest BCUT2D eigenvalue weighted by Gasteiger charge is -2.26. The molecule has 0 aliphatic carbocycles. The van der Waals surface area contributed by atoms with E-state index >= 15 is 0 Å². The average Bonchev–Trinajstić information content (AvgIpc) is 2.55. The number of para-hydroxylation sites is 1. The number of nitrogens with one attached hydrogen (secondary N) is 1. The van der Waals surface area contributed by atoms with Crippen molar-refractivity contribution in [3.63, 3.8) is 0 Å². The van der Waals surface area contributed by atoms with Gasteiger partial charge in [0.05, 0.1) is 23.9 Å². The number of nitrogens with zero attached hydrogens (tertiary/aromatic N) is 2. The van der Waals surface area contributed by atoms with Crippen molar-refractivity contribution in [1.82, 2.24) is 15.3 Å². The van der Waals surface area contributed by atoms with E-state index in [4.69, 9.17) is 16.3 Å². The molecule has 2 heterocycles. The maximum atomic E-state index is 12.5. The van der Waals surface area contributed by atoms with E-state index in [1.807, 2.05) is 30.5 Å². The lowest BCUT2D eigenvalue weighted by Crippen LogP contribution is -2.33. The zero-order chi connectivity index (χ0) is 15.5. The highest BCUT2D eigenvalue weighted by molar-refractivity contribution is 7.98. The van der Waals surface area contributed by atoms with Crippen LogP contribution >= 0.6 is 23.4 Å². The lowest BCUT2D eigenvalue weighted by molar-refractivity contribution is 0.0919. The molecule has 1 N–H and O–H groups in total. The summed E-state index contributed by atoms with van der Waals surface area (Å²) in [6.45, 7) is 0.565. The molecule has 1 aromatic heterocycles. The van der Waals surface area contributed by atoms with Crippen molar-refractivity contribution in [1.29, 1.82) is 0 Å². The zero-order valence-electron chi connectivity index (χ0n) is 11.9. The number of thioether (sulfide) groups is 1. The van der Waals surface area contributed by atoms with Crippen LogP contribution in [-0.2, 0) is 0 Å². The Bertz CT molecular complexity index is 711. The third-order valence-corrected chi connectivity index (χ3v) is 4.22. The Morgan fingerprint density at radius 1 is 1.45 bits per heavy atom. The number of carbonyl (C=O) groups is 1. The number of benzene rings is 1. The second kappa shape index (κ2) is 6.54. The van der Waals surface area contributed by atoms with Crippen molar-refractivity contribution < 1.29 is 9.53 Å². The minimum absolute atomic E-state index is 0.110. The summed E-state index contributed by atoms with van der Waals surface area (Å²) in [7, 11) is 0. The van der Waals surface area contributed by atoms with Crippen LogP contribution in [0, 0.1) is 0 Å². The Labute approximate surface area is 137 Å². The molecule has 1 aromatic carbocycles. The third-order valence-electron chi connectivity index (χ3n) is 3.38. The topological polar surface area (TPSA) is 64.1 Å². The van der Waals surface area contributed by atoms with Crippen molar-refractivity contribution in [2.24, 2.45) is 0 Å². The predicted octanol–water partition coefficient (Wildman–Crippen LogP) is 3.11. The molecule has 0 radical (unpaired) electrons. The predicted molar refractivity (Wildman–Crippen MR) is 85.6 cm³/mol. The number of halogens is 1. The van der Waals surface area contributed by atoms with Gasteiger partial charge in [-0.2, -0.15) is 0 Å². The van der Waals surface area contributed by atoms with Gasteiger partial charge in [-0.25, -0.2) is 9.97 Å². The van der Waals surface area contributed by atoms with Gasteiger partial charge in [-0.3, -0.25) is 4.79 Å². The molecule has 1 aliphatic rings. The van der Waals surface area contributed by atoms with Crippen molar-refractivity contribution in [2.45, 2.75) is 17.6 Å². The van der Waals surface area contributed by atoms with Crippen molar-refractivity contribution in [3.8, 4) is 5.75 Å². The Kier molecular flexibility index (Phi) is 4.49. The molecule has 1 aliphatic heterocycles. The van der Waals surface area contributed by atoms with E-state index in [-0.39, 0.29) is 22.7 Å². The Morgan fingerprint density at radius 2 is 2.27 bits per heavy atom. The number of aromatic nitrogens is 2. The van der Waals surface area contributed by atoms with E-state index in [1.54, 1.807) is 0 Å². The molecule has 5 nitrogen and oxygen atoms in total. The lowest BCUT2D eigenvalue weighted by atomic mass is 10.0. The number of amides is 1. The summed E-state index contributed by atoms with van der Waals surface area (Å²) in [5.74, 6) is 0.502. The van der Waals surface area contributed by atoms with Gasteiger partial charge in [0.15, 0.2) is 10.9 Å². The van der Waals surface area contributed by atoms with Gasteiger partial charge in [0, 0.05) is 12.0 Å². The molecule has 0 unspecified atom stereocenters. The maximum Gasteiger partial charge on any atom is 0.272 e. The first kappa shape index (κ1) is 15.1. The molecule has 1 amide bonds. The molecule has 2 aromatic rings. The first-order valence-electron chi connectivity index (χ1n) is 6.78. The summed E-state index contributed by atoms with van der Waals surface area (Å²) < 4.78 is 5.59. The van der Waals surface area contributed by atoms with Gasteiger partial charge in [-0.15, -0.1) is 0 Å². The molecule has 0 bridgehead atoms. The average molecular weight is 336 g/mol. The van der Waals surface area contributed by atoms with Crippen LogP contribution in [0.1, 0.15) is 28.5 Å². The Morgan fingerprint density at radius 3 is 3.09 bits per heavy atom. The number of ether oxygens (including phenoxy) is 1. The highest BCUT2D eigenvalue weighted by Gasteiger charge is 2.24. The smallest absolute Gasteiger partial charge is 0.272 e. The molecular weight excluding hydrogens is 322 g/mol. The van der Waals surface area contributed by atoms with Crippen molar-refractivity contribution in [3.05, 3.63) is 46.7 Å². The van der Waals surface area contributed by atoms with Gasteiger partial charge < -0.3 is 10.1 Å². The molecule has 7 heteroatoms. The van der Waals surface area contributed by atoms with Crippen molar-refractivity contribution >= 4 is 29.3 Å². The fourth-order valence-corrected chi connectivity index (χ4v) is 2.84. The normalized spacial score (nSPS) is 16.5. The minimum atomic E-state index is -0.301. The molecule has 0 spiro atoms. The number of hydrogen-bond acceptors (Lipinski definition) is 5. The van der Waals surface area contributed by atoms with E-state index in [9.17, 15) is 4.79 Å². The van der Waals surface area contributed by atoms with Crippen LogP contribution in [0.3, 0.4) is 0 Å². The van der Waals surface area contributed by atoms with Gasteiger partial charge in [0.2, 0.25) is 0 Å². The summed E-state index contributed by atoms with van der Waals surface area (Å²) in [5, 5.41) is 3.74. The quantitative estimate of drug-likeness (QED) is 0.689. The Balaban J connectivity index is 1.84. The zero-order valence-corrected chi connectivity index (χ0v) is 13.4. The van der Waals surface area contributed by atoms with Gasteiger partial charge in [-0.1, -0.05) is 41.6 Å². The van der Waals surface area contributed by atoms with E-state index in [1.165, 1.54) is 18.0 Å². The summed E-state index contributed by atoms with van der Waals surface area (Å²) in [6, 6.07) is 7.58. The van der Waals surface area contributed by atoms with Gasteiger partial charge >= 0.3 is 0 Å². The number of hydrogen-bond donors (Lipinski definition) is 1. The molecule has 22 heavy (non-hydrogen) atoms. The largest absolute Gasteiger partial charge is 0.493 e. The molecule has 114 valence electrons. The van der Waals surface area contributed by atoms with Gasteiger partial charge in [0.1, 0.15) is 5.75 Å². The van der Waals surface area contributed by atoms with Crippen LogP contribution in [0.15, 0.2) is 35.6 Å². The number of rotatable bonds is 3. The summed E-state index contributed by atoms with van der Waals surface area (Å²) in [5.41, 5.74) is 1.17. The SMILES string of the molecule is CSc1ncc(Cl)c(C(=O)N[C@H]2CCOc3ccccc32)n1. The fraction of sp³-hybridized carbons (Fsp3) is 0.267. The second-order valence-electron chi connectivity index (χ2n) is 4.75. The maximum absolute atomic E-state index is 12.5. The highest BCUT2D eigenvalue weighted by Crippen LogP contribution is 2.31. The van der Waals surface area contributed by atoms with Crippen LogP contribution in [0.2, 0.25) is 5.02 Å². The number of fused-ring (bicyclic) bond motifs is 1. The van der Waals surface area contributed by atoms with Crippen LogP contribution in [0.25, 0.3) is 0 Å². The summed E-state index contributed by atoms with van der Waals surface area (Å²) >= 11 is 7.41. The third kappa shape index (κ3) is 3.03. The fourth-order valence-electron chi connectivity index (χ4n) is 2.33. The molecule has 0 saturated carbocycles. The van der Waals surface area contributed by atoms with E-state index in [0.717, 1.165) is 11.3 Å². The minimum Gasteiger partial charge on any atom is -0.493 e. The molecular formula is C15H14ClN3O2S. The summed E-state index contributed by atoms with van der Waals surface area (Å²) in [4.78, 5) is 20.7. The van der Waals surface area contributed by atoms with Crippen LogP contribution in [0.5, 0.6) is 5.75 Å². The first-order valence-corrected chi connectivity index (χ1v) is 8.38. The Hall–Kier alpha value is -1.79. The van der Waals surface area contributed by atoms with Gasteiger partial charge in [-0.05, 0) is 12.3 Å². The second-order valence-corrected chi connectivity index (χ2v) is 5.93. The highest BCUT2D eigenvalue weighted by atomic mass is 35.5. The van der Waals surface area contributed by atoms with Crippen LogP contribution in [0.4, 0.5) is 0 Å². The molecule has 3 rings (SSSR count). The first-order chi connectivity index (χ1) is 10.7. The van der Waals surface area contributed by atoms with Gasteiger partial charge in [0.25, 0.3) is 5.91 Å². The van der Waals surface area contributed by atoms with E-state index in [2.05, 4.69) is 15.3 Å². The van der Waals surface area contributed by atoms with Crippen molar-refractivity contribution in [2.75, 3.05) is 12.9 Å². The van der Waals surface area contributed by atoms with Crippen LogP contribution < -0.4 is 10.1 Å². The van der Waals surface area contributed by atoms with E-state index < -0.39 is 0 Å². The van der Waals surface area contributed by atoms with Crippen LogP contribution in [-0.4, -0.2) is 28.7 Å².